The van der Waals surface area contributed by atoms with Crippen molar-refractivity contribution in [1.82, 2.24) is 0 Å². The fraction of sp³-hybridized carbons (Fsp3) is 0.200. The first-order valence-electron chi connectivity index (χ1n) is 6.25. The molecule has 0 heterocycles. The molecule has 0 saturated carbocycles. The number of hydrogen-bond donors (Lipinski definition) is 1. The maximum Gasteiger partial charge on any atom is 0.274 e. The summed E-state index contributed by atoms with van der Waals surface area (Å²) in [5.41, 5.74) is 3.02. The molecule has 0 bridgehead atoms. The molecule has 2 aromatic carbocycles. The Balaban J connectivity index is 2.26. The van der Waals surface area contributed by atoms with E-state index in [9.17, 15) is 10.1 Å². The quantitative estimate of drug-likeness (QED) is 0.475. The molecule has 1 unspecified atom stereocenters. The molecule has 0 aliphatic heterocycles. The molecule has 0 saturated heterocycles. The van der Waals surface area contributed by atoms with E-state index in [4.69, 9.17) is 0 Å². The van der Waals surface area contributed by atoms with Crippen LogP contribution in [0.25, 0.3) is 0 Å². The van der Waals surface area contributed by atoms with Crippen molar-refractivity contribution in [3.8, 4) is 0 Å². The van der Waals surface area contributed by atoms with Gasteiger partial charge in [-0.05, 0) is 54.1 Å². The van der Waals surface area contributed by atoms with Gasteiger partial charge in [-0.3, -0.25) is 10.1 Å². The van der Waals surface area contributed by atoms with Crippen molar-refractivity contribution in [2.75, 3.05) is 5.32 Å². The molecule has 0 aliphatic rings. The van der Waals surface area contributed by atoms with Crippen molar-refractivity contribution >= 4 is 34.0 Å². The van der Waals surface area contributed by atoms with E-state index in [0.29, 0.717) is 5.56 Å². The normalized spacial score (nSPS) is 11.9. The number of rotatable bonds is 4. The molecule has 0 spiro atoms. The van der Waals surface area contributed by atoms with Crippen molar-refractivity contribution in [2.24, 2.45) is 0 Å². The minimum absolute atomic E-state index is 0.130. The van der Waals surface area contributed by atoms with Crippen LogP contribution in [0.2, 0.25) is 0 Å². The highest BCUT2D eigenvalue weighted by Gasteiger charge is 2.17. The van der Waals surface area contributed by atoms with E-state index in [1.165, 1.54) is 15.2 Å². The van der Waals surface area contributed by atoms with Crippen molar-refractivity contribution in [2.45, 2.75) is 19.9 Å². The number of nitrogens with one attached hydrogen (secondary N) is 1. The summed E-state index contributed by atoms with van der Waals surface area (Å²) in [7, 11) is 0. The Hall–Kier alpha value is -1.63. The molecule has 4 nitrogen and oxygen atoms in total. The number of halogens is 1. The van der Waals surface area contributed by atoms with E-state index >= 15 is 0 Å². The molecule has 0 aliphatic carbocycles. The van der Waals surface area contributed by atoms with Crippen LogP contribution in [0.5, 0.6) is 0 Å². The molecule has 0 aromatic heterocycles. The summed E-state index contributed by atoms with van der Waals surface area (Å²) < 4.78 is 1.17. The second kappa shape index (κ2) is 6.21. The van der Waals surface area contributed by atoms with Crippen molar-refractivity contribution < 1.29 is 4.92 Å². The van der Waals surface area contributed by atoms with Gasteiger partial charge in [-0.2, -0.15) is 0 Å². The maximum atomic E-state index is 11.1. The first kappa shape index (κ1) is 14.8. The van der Waals surface area contributed by atoms with E-state index in [1.807, 2.05) is 31.2 Å². The first-order chi connectivity index (χ1) is 9.49. The molecular weight excluding hydrogens is 367 g/mol. The zero-order valence-electron chi connectivity index (χ0n) is 11.3. The summed E-state index contributed by atoms with van der Waals surface area (Å²) in [5.74, 6) is 0. The van der Waals surface area contributed by atoms with Crippen LogP contribution in [0, 0.1) is 20.6 Å². The Labute approximate surface area is 131 Å². The largest absolute Gasteiger partial charge is 0.378 e. The Kier molecular flexibility index (Phi) is 4.59. The smallest absolute Gasteiger partial charge is 0.274 e. The minimum atomic E-state index is -0.341. The molecule has 20 heavy (non-hydrogen) atoms. The number of nitro groups is 1. The van der Waals surface area contributed by atoms with Crippen LogP contribution in [0.4, 0.5) is 11.4 Å². The molecule has 0 fully saturated rings. The first-order valence-corrected chi connectivity index (χ1v) is 7.33. The highest BCUT2D eigenvalue weighted by molar-refractivity contribution is 14.1. The summed E-state index contributed by atoms with van der Waals surface area (Å²) in [6.07, 6.45) is 0. The third-order valence-electron chi connectivity index (χ3n) is 3.15. The van der Waals surface area contributed by atoms with Gasteiger partial charge in [0.15, 0.2) is 0 Å². The average molecular weight is 382 g/mol. The molecule has 2 aromatic rings. The number of anilines is 1. The maximum absolute atomic E-state index is 11.1. The summed E-state index contributed by atoms with van der Waals surface area (Å²) >= 11 is 2.28. The number of benzene rings is 2. The van der Waals surface area contributed by atoms with Gasteiger partial charge in [-0.15, -0.1) is 0 Å². The van der Waals surface area contributed by atoms with Gasteiger partial charge in [-0.25, -0.2) is 0 Å². The van der Waals surface area contributed by atoms with Gasteiger partial charge < -0.3 is 5.32 Å². The molecule has 0 amide bonds. The van der Waals surface area contributed by atoms with Gasteiger partial charge in [0, 0.05) is 15.3 Å². The van der Waals surface area contributed by atoms with Crippen molar-refractivity contribution in [3.05, 3.63) is 67.3 Å². The number of nitro benzene ring substituents is 1. The minimum Gasteiger partial charge on any atom is -0.378 e. The molecule has 2 rings (SSSR count). The highest BCUT2D eigenvalue weighted by atomic mass is 127. The van der Waals surface area contributed by atoms with Gasteiger partial charge in [0.05, 0.1) is 16.5 Å². The van der Waals surface area contributed by atoms with E-state index in [1.54, 1.807) is 12.1 Å². The SMILES string of the molecule is Cc1ccc(NC(C)c2ccccc2[N+](=O)[O-])cc1I. The number of para-hydroxylation sites is 1. The Morgan fingerprint density at radius 1 is 1.25 bits per heavy atom. The lowest BCUT2D eigenvalue weighted by atomic mass is 10.1. The predicted octanol–water partition coefficient (Wildman–Crippen LogP) is 4.68. The van der Waals surface area contributed by atoms with Gasteiger partial charge in [0.25, 0.3) is 5.69 Å². The van der Waals surface area contributed by atoms with Crippen LogP contribution in [0.15, 0.2) is 42.5 Å². The van der Waals surface area contributed by atoms with Gasteiger partial charge in [0.1, 0.15) is 0 Å². The summed E-state index contributed by atoms with van der Waals surface area (Å²) in [6.45, 7) is 3.98. The molecule has 104 valence electrons. The van der Waals surface area contributed by atoms with Gasteiger partial charge >= 0.3 is 0 Å². The fourth-order valence-electron chi connectivity index (χ4n) is 2.03. The fourth-order valence-corrected chi connectivity index (χ4v) is 2.55. The number of hydrogen-bond acceptors (Lipinski definition) is 3. The van der Waals surface area contributed by atoms with Crippen LogP contribution >= 0.6 is 22.6 Å². The van der Waals surface area contributed by atoms with Crippen LogP contribution in [-0.2, 0) is 0 Å². The standard InChI is InChI=1S/C15H15IN2O2/c1-10-7-8-12(9-14(10)16)17-11(2)13-5-3-4-6-15(13)18(19)20/h3-9,11,17H,1-2H3. The molecule has 5 heteroatoms. The van der Waals surface area contributed by atoms with Gasteiger partial charge in [0.2, 0.25) is 0 Å². The molecular formula is C15H15IN2O2. The zero-order valence-corrected chi connectivity index (χ0v) is 13.4. The Morgan fingerprint density at radius 3 is 2.60 bits per heavy atom. The summed E-state index contributed by atoms with van der Waals surface area (Å²) in [4.78, 5) is 10.7. The monoisotopic (exact) mass is 382 g/mol. The average Bonchev–Trinajstić information content (AvgIpc) is 2.43. The molecule has 0 radical (unpaired) electrons. The van der Waals surface area contributed by atoms with Crippen LogP contribution in [-0.4, -0.2) is 4.92 Å². The highest BCUT2D eigenvalue weighted by Crippen LogP contribution is 2.28. The third-order valence-corrected chi connectivity index (χ3v) is 4.32. The van der Waals surface area contributed by atoms with Crippen molar-refractivity contribution in [3.63, 3.8) is 0 Å². The summed E-state index contributed by atoms with van der Waals surface area (Å²) in [6, 6.07) is 12.8. The molecule has 1 atom stereocenters. The number of nitrogens with zero attached hydrogens (tertiary/aromatic N) is 1. The van der Waals surface area contributed by atoms with Crippen molar-refractivity contribution in [1.29, 1.82) is 0 Å². The topological polar surface area (TPSA) is 55.2 Å². The van der Waals surface area contributed by atoms with E-state index < -0.39 is 0 Å². The van der Waals surface area contributed by atoms with Crippen LogP contribution < -0.4 is 5.32 Å². The van der Waals surface area contributed by atoms with Crippen LogP contribution in [0.3, 0.4) is 0 Å². The van der Waals surface area contributed by atoms with Crippen LogP contribution in [0.1, 0.15) is 24.1 Å². The number of aryl methyl sites for hydroxylation is 1. The summed E-state index contributed by atoms with van der Waals surface area (Å²) in [5, 5.41) is 14.4. The lowest BCUT2D eigenvalue weighted by Crippen LogP contribution is -2.09. The Bertz CT molecular complexity index is 644. The second-order valence-corrected chi connectivity index (χ2v) is 5.81. The lowest BCUT2D eigenvalue weighted by molar-refractivity contribution is -0.385. The zero-order chi connectivity index (χ0) is 14.7. The van der Waals surface area contributed by atoms with E-state index in [0.717, 1.165) is 5.69 Å². The van der Waals surface area contributed by atoms with E-state index in [2.05, 4.69) is 34.8 Å². The second-order valence-electron chi connectivity index (χ2n) is 4.65. The van der Waals surface area contributed by atoms with Gasteiger partial charge in [-0.1, -0.05) is 24.3 Å². The lowest BCUT2D eigenvalue weighted by Gasteiger charge is -2.16. The predicted molar refractivity (Wildman–Crippen MR) is 89.0 cm³/mol. The van der Waals surface area contributed by atoms with E-state index in [-0.39, 0.29) is 16.7 Å². The third kappa shape index (κ3) is 3.27. The molecule has 1 N–H and O–H groups in total. The Morgan fingerprint density at radius 2 is 1.95 bits per heavy atom.